The molecular formula is C21H22N2O4S. The molecule has 7 heteroatoms. The van der Waals surface area contributed by atoms with E-state index < -0.39 is 0 Å². The Balaban J connectivity index is 1.47. The van der Waals surface area contributed by atoms with E-state index >= 15 is 0 Å². The molecule has 2 aromatic carbocycles. The number of anilines is 1. The summed E-state index contributed by atoms with van der Waals surface area (Å²) in [5.74, 6) is 0.750. The zero-order chi connectivity index (χ0) is 19.9. The molecular weight excluding hydrogens is 376 g/mol. The van der Waals surface area contributed by atoms with Gasteiger partial charge in [-0.25, -0.2) is 0 Å². The Labute approximate surface area is 168 Å². The van der Waals surface area contributed by atoms with Crippen LogP contribution < -0.4 is 10.1 Å². The molecule has 0 aliphatic carbocycles. The first-order chi connectivity index (χ1) is 13.5. The monoisotopic (exact) mass is 398 g/mol. The van der Waals surface area contributed by atoms with Crippen LogP contribution in [0, 0.1) is 0 Å². The first-order valence-electron chi connectivity index (χ1n) is 9.13. The molecule has 0 saturated carbocycles. The summed E-state index contributed by atoms with van der Waals surface area (Å²) in [6, 6.07) is 14.8. The fourth-order valence-corrected chi connectivity index (χ4v) is 3.52. The topological polar surface area (TPSA) is 75.7 Å². The average Bonchev–Trinajstić information content (AvgIpc) is 3.01. The number of carbonyl (C=O) groups is 3. The van der Waals surface area contributed by atoms with Crippen LogP contribution in [0.2, 0.25) is 0 Å². The van der Waals surface area contributed by atoms with Gasteiger partial charge in [0.25, 0.3) is 0 Å². The number of imide groups is 1. The van der Waals surface area contributed by atoms with E-state index in [1.54, 1.807) is 12.1 Å². The van der Waals surface area contributed by atoms with Crippen LogP contribution in [0.1, 0.15) is 25.3 Å². The number of benzene rings is 2. The van der Waals surface area contributed by atoms with E-state index in [1.807, 2.05) is 43.3 Å². The Kier molecular flexibility index (Phi) is 6.71. The van der Waals surface area contributed by atoms with Crippen molar-refractivity contribution in [2.45, 2.75) is 31.2 Å². The molecule has 0 radical (unpaired) electrons. The highest BCUT2D eigenvalue weighted by molar-refractivity contribution is 8.00. The standard InChI is InChI=1S/C21H22N2O4S/c1-2-27-17-7-9-18(10-8-17)28-14-19(24)22-16-5-3-15(4-6-16)13-23-20(25)11-12-21(23)26/h3-10H,2,11-14H2,1H3,(H,22,24). The van der Waals surface area contributed by atoms with Crippen LogP contribution in [0.3, 0.4) is 0 Å². The minimum atomic E-state index is -0.131. The van der Waals surface area contributed by atoms with Gasteiger partial charge in [-0.05, 0) is 48.9 Å². The van der Waals surface area contributed by atoms with E-state index in [-0.39, 0.29) is 24.3 Å². The maximum Gasteiger partial charge on any atom is 0.234 e. The third-order valence-electron chi connectivity index (χ3n) is 4.24. The van der Waals surface area contributed by atoms with Crippen molar-refractivity contribution in [2.24, 2.45) is 0 Å². The van der Waals surface area contributed by atoms with E-state index in [2.05, 4.69) is 5.32 Å². The molecule has 1 saturated heterocycles. The molecule has 0 spiro atoms. The molecule has 146 valence electrons. The second kappa shape index (κ2) is 9.41. The highest BCUT2D eigenvalue weighted by atomic mass is 32.2. The molecule has 6 nitrogen and oxygen atoms in total. The number of nitrogens with one attached hydrogen (secondary N) is 1. The van der Waals surface area contributed by atoms with Gasteiger partial charge in [0, 0.05) is 23.4 Å². The fraction of sp³-hybridized carbons (Fsp3) is 0.286. The smallest absolute Gasteiger partial charge is 0.234 e. The molecule has 1 heterocycles. The quantitative estimate of drug-likeness (QED) is 0.544. The van der Waals surface area contributed by atoms with Crippen LogP contribution in [-0.4, -0.2) is 35.0 Å². The summed E-state index contributed by atoms with van der Waals surface area (Å²) in [4.78, 5) is 37.8. The lowest BCUT2D eigenvalue weighted by Crippen LogP contribution is -2.28. The summed E-state index contributed by atoms with van der Waals surface area (Å²) >= 11 is 1.45. The molecule has 0 aromatic heterocycles. The SMILES string of the molecule is CCOc1ccc(SCC(=O)Nc2ccc(CN3C(=O)CCC3=O)cc2)cc1. The lowest BCUT2D eigenvalue weighted by atomic mass is 10.2. The normalized spacial score (nSPS) is 13.7. The lowest BCUT2D eigenvalue weighted by Gasteiger charge is -2.14. The second-order valence-corrected chi connectivity index (χ2v) is 7.36. The number of hydrogen-bond donors (Lipinski definition) is 1. The molecule has 3 rings (SSSR count). The van der Waals surface area contributed by atoms with Gasteiger partial charge in [-0.3, -0.25) is 19.3 Å². The maximum atomic E-state index is 12.2. The van der Waals surface area contributed by atoms with Crippen molar-refractivity contribution in [3.05, 3.63) is 54.1 Å². The number of nitrogens with zero attached hydrogens (tertiary/aromatic N) is 1. The van der Waals surface area contributed by atoms with Crippen LogP contribution in [0.4, 0.5) is 5.69 Å². The highest BCUT2D eigenvalue weighted by Gasteiger charge is 2.28. The first-order valence-corrected chi connectivity index (χ1v) is 10.1. The first kappa shape index (κ1) is 19.9. The molecule has 28 heavy (non-hydrogen) atoms. The van der Waals surface area contributed by atoms with Crippen molar-refractivity contribution in [1.82, 2.24) is 4.90 Å². The van der Waals surface area contributed by atoms with Crippen molar-refractivity contribution in [3.63, 3.8) is 0 Å². The minimum absolute atomic E-state index is 0.100. The molecule has 1 aliphatic rings. The van der Waals surface area contributed by atoms with Crippen molar-refractivity contribution in [3.8, 4) is 5.75 Å². The zero-order valence-corrected chi connectivity index (χ0v) is 16.5. The van der Waals surface area contributed by atoms with Gasteiger partial charge in [-0.15, -0.1) is 11.8 Å². The number of ether oxygens (including phenoxy) is 1. The number of likely N-dealkylation sites (tertiary alicyclic amines) is 1. The van der Waals surface area contributed by atoms with E-state index in [0.29, 0.717) is 30.9 Å². The molecule has 2 aromatic rings. The number of carbonyl (C=O) groups excluding carboxylic acids is 3. The third-order valence-corrected chi connectivity index (χ3v) is 5.25. The Morgan fingerprint density at radius 3 is 2.29 bits per heavy atom. The van der Waals surface area contributed by atoms with Gasteiger partial charge in [-0.1, -0.05) is 12.1 Å². The number of hydrogen-bond acceptors (Lipinski definition) is 5. The molecule has 1 fully saturated rings. The Morgan fingerprint density at radius 2 is 1.68 bits per heavy atom. The highest BCUT2D eigenvalue weighted by Crippen LogP contribution is 2.22. The second-order valence-electron chi connectivity index (χ2n) is 6.31. The van der Waals surface area contributed by atoms with E-state index in [4.69, 9.17) is 4.74 Å². The van der Waals surface area contributed by atoms with E-state index in [1.165, 1.54) is 16.7 Å². The molecule has 3 amide bonds. The van der Waals surface area contributed by atoms with Crippen LogP contribution in [0.25, 0.3) is 0 Å². The summed E-state index contributed by atoms with van der Waals surface area (Å²) in [7, 11) is 0. The summed E-state index contributed by atoms with van der Waals surface area (Å²) in [6.45, 7) is 2.84. The van der Waals surface area contributed by atoms with Crippen LogP contribution >= 0.6 is 11.8 Å². The summed E-state index contributed by atoms with van der Waals surface area (Å²) in [6.07, 6.45) is 0.581. The van der Waals surface area contributed by atoms with Gasteiger partial charge in [0.2, 0.25) is 17.7 Å². The van der Waals surface area contributed by atoms with Crippen LogP contribution in [0.15, 0.2) is 53.4 Å². The van der Waals surface area contributed by atoms with Gasteiger partial charge >= 0.3 is 0 Å². The van der Waals surface area contributed by atoms with Crippen molar-refractivity contribution in [1.29, 1.82) is 0 Å². The van der Waals surface area contributed by atoms with Crippen LogP contribution in [-0.2, 0) is 20.9 Å². The Hall–Kier alpha value is -2.80. The van der Waals surface area contributed by atoms with Gasteiger partial charge in [0.15, 0.2) is 0 Å². The number of amides is 3. The van der Waals surface area contributed by atoms with Gasteiger partial charge in [-0.2, -0.15) is 0 Å². The molecule has 0 atom stereocenters. The molecule has 0 bridgehead atoms. The van der Waals surface area contributed by atoms with E-state index in [9.17, 15) is 14.4 Å². The van der Waals surface area contributed by atoms with Crippen molar-refractivity contribution < 1.29 is 19.1 Å². The summed E-state index contributed by atoms with van der Waals surface area (Å²) in [5, 5.41) is 2.85. The number of thioether (sulfide) groups is 1. The molecule has 1 N–H and O–H groups in total. The van der Waals surface area contributed by atoms with Crippen LogP contribution in [0.5, 0.6) is 5.75 Å². The average molecular weight is 398 g/mol. The minimum Gasteiger partial charge on any atom is -0.494 e. The maximum absolute atomic E-state index is 12.2. The van der Waals surface area contributed by atoms with Gasteiger partial charge in [0.05, 0.1) is 18.9 Å². The summed E-state index contributed by atoms with van der Waals surface area (Å²) in [5.41, 5.74) is 1.53. The predicted octanol–water partition coefficient (Wildman–Crippen LogP) is 3.47. The molecule has 1 aliphatic heterocycles. The predicted molar refractivity (Wildman–Crippen MR) is 108 cm³/mol. The van der Waals surface area contributed by atoms with E-state index in [0.717, 1.165) is 16.2 Å². The number of rotatable bonds is 8. The van der Waals surface area contributed by atoms with Gasteiger partial charge in [0.1, 0.15) is 5.75 Å². The Morgan fingerprint density at radius 1 is 1.04 bits per heavy atom. The lowest BCUT2D eigenvalue weighted by molar-refractivity contribution is -0.139. The Bertz CT molecular complexity index is 834. The largest absolute Gasteiger partial charge is 0.494 e. The fourth-order valence-electron chi connectivity index (χ4n) is 2.82. The summed E-state index contributed by atoms with van der Waals surface area (Å²) < 4.78 is 5.40. The zero-order valence-electron chi connectivity index (χ0n) is 15.6. The third kappa shape index (κ3) is 5.36. The van der Waals surface area contributed by atoms with Crippen molar-refractivity contribution >= 4 is 35.2 Å². The van der Waals surface area contributed by atoms with Crippen molar-refractivity contribution in [2.75, 3.05) is 17.7 Å². The molecule has 0 unspecified atom stereocenters. The van der Waals surface area contributed by atoms with Gasteiger partial charge < -0.3 is 10.1 Å².